The number of carboxylic acid groups (broad SMARTS) is 1. The quantitative estimate of drug-likeness (QED) is 0.0174. The molecule has 0 aliphatic carbocycles. The van der Waals surface area contributed by atoms with Gasteiger partial charge in [0.1, 0.15) is 30.2 Å². The van der Waals surface area contributed by atoms with Gasteiger partial charge in [0.05, 0.1) is 25.5 Å². The molecule has 6 atom stereocenters. The Hall–Kier alpha value is -7.10. The van der Waals surface area contributed by atoms with E-state index in [-0.39, 0.29) is 76.0 Å². The second kappa shape index (κ2) is 32.5. The molecule has 22 N–H and O–H groups in total. The average Bonchev–Trinajstić information content (AvgIpc) is 3.78. The van der Waals surface area contributed by atoms with Gasteiger partial charge in [-0.1, -0.05) is 6.42 Å². The van der Waals surface area contributed by atoms with E-state index in [4.69, 9.17) is 34.4 Å². The normalized spacial score (nSPS) is 13.4. The first kappa shape index (κ1) is 57.9. The van der Waals surface area contributed by atoms with E-state index in [1.807, 2.05) is 0 Å². The van der Waals surface area contributed by atoms with Crippen LogP contribution in [-0.4, -0.2) is 156 Å². The SMILES string of the molecule is CC(=O)NCCCC[C@H](NC(=O)[C@H](C)NC(=O)CNC(=O)CNC(=O)[C@@H](N)CCCCN)C(=O)N[C@@H](CCCN=C(N)N)C(=O)N[C@@H](Cc1cnc[nH]1)C(=O)N[C@@H](CCCN=C(N)N)C(=O)O. The Morgan fingerprint density at radius 1 is 0.642 bits per heavy atom. The molecule has 0 saturated heterocycles. The highest BCUT2D eigenvalue weighted by molar-refractivity contribution is 5.96. The Bertz CT molecular complexity index is 1820. The Morgan fingerprint density at radius 3 is 1.72 bits per heavy atom. The van der Waals surface area contributed by atoms with E-state index in [1.54, 1.807) is 0 Å². The third-order valence-corrected chi connectivity index (χ3v) is 9.62. The maximum atomic E-state index is 14.0. The van der Waals surface area contributed by atoms with Crippen molar-refractivity contribution < 1.29 is 48.3 Å². The van der Waals surface area contributed by atoms with Crippen LogP contribution in [0.2, 0.25) is 0 Å². The highest BCUT2D eigenvalue weighted by atomic mass is 16.4. The van der Waals surface area contributed by atoms with Crippen molar-refractivity contribution in [3.05, 3.63) is 18.2 Å². The minimum atomic E-state index is -1.39. The summed E-state index contributed by atoms with van der Waals surface area (Å²) in [6.45, 7) is 2.50. The minimum Gasteiger partial charge on any atom is -0.480 e. The number of guanidine groups is 2. The van der Waals surface area contributed by atoms with Gasteiger partial charge in [0, 0.05) is 44.9 Å². The highest BCUT2D eigenvalue weighted by Crippen LogP contribution is 2.08. The van der Waals surface area contributed by atoms with E-state index in [0.29, 0.717) is 44.3 Å². The molecule has 28 heteroatoms. The monoisotopic (exact) mass is 951 g/mol. The van der Waals surface area contributed by atoms with Crippen LogP contribution in [0.5, 0.6) is 0 Å². The van der Waals surface area contributed by atoms with E-state index < -0.39 is 96.7 Å². The number of nitrogens with zero attached hydrogens (tertiary/aromatic N) is 3. The zero-order chi connectivity index (χ0) is 50.3. The number of aliphatic carboxylic acids is 1. The Kier molecular flexibility index (Phi) is 28.1. The van der Waals surface area contributed by atoms with Gasteiger partial charge in [-0.05, 0) is 71.3 Å². The number of H-pyrrole nitrogens is 1. The summed E-state index contributed by atoms with van der Waals surface area (Å²) < 4.78 is 0. The fourth-order valence-electron chi connectivity index (χ4n) is 6.02. The first-order chi connectivity index (χ1) is 31.7. The summed E-state index contributed by atoms with van der Waals surface area (Å²) in [5, 5.41) is 29.8. The van der Waals surface area contributed by atoms with Crippen LogP contribution >= 0.6 is 0 Å². The number of rotatable bonds is 34. The van der Waals surface area contributed by atoms with Gasteiger partial charge >= 0.3 is 5.97 Å². The highest BCUT2D eigenvalue weighted by Gasteiger charge is 2.32. The molecule has 67 heavy (non-hydrogen) atoms. The van der Waals surface area contributed by atoms with Crippen molar-refractivity contribution >= 4 is 65.1 Å². The van der Waals surface area contributed by atoms with Crippen LogP contribution in [0.4, 0.5) is 0 Å². The van der Waals surface area contributed by atoms with E-state index >= 15 is 0 Å². The molecule has 0 saturated carbocycles. The predicted octanol–water partition coefficient (Wildman–Crippen LogP) is -6.42. The van der Waals surface area contributed by atoms with Crippen LogP contribution in [-0.2, 0) is 49.6 Å². The van der Waals surface area contributed by atoms with Gasteiger partial charge in [0.2, 0.25) is 47.3 Å². The van der Waals surface area contributed by atoms with Gasteiger partial charge < -0.3 is 87.0 Å². The number of imidazole rings is 1. The molecule has 0 aliphatic heterocycles. The van der Waals surface area contributed by atoms with Crippen LogP contribution < -0.4 is 76.9 Å². The molecule has 0 unspecified atom stereocenters. The Morgan fingerprint density at radius 2 is 1.16 bits per heavy atom. The topological polar surface area (TPSA) is 480 Å². The molecule has 0 radical (unpaired) electrons. The van der Waals surface area contributed by atoms with Crippen LogP contribution in [0.25, 0.3) is 0 Å². The molecular weight excluding hydrogens is 881 g/mol. The molecule has 0 bridgehead atoms. The van der Waals surface area contributed by atoms with E-state index in [0.717, 1.165) is 0 Å². The lowest BCUT2D eigenvalue weighted by molar-refractivity contribution is -0.142. The van der Waals surface area contributed by atoms with Crippen molar-refractivity contribution in [2.75, 3.05) is 39.3 Å². The second-order valence-electron chi connectivity index (χ2n) is 15.4. The minimum absolute atomic E-state index is 0.00321. The van der Waals surface area contributed by atoms with E-state index in [1.165, 1.54) is 26.4 Å². The van der Waals surface area contributed by atoms with Gasteiger partial charge in [-0.25, -0.2) is 9.78 Å². The Balaban J connectivity index is 3.21. The van der Waals surface area contributed by atoms with E-state index in [9.17, 15) is 48.3 Å². The maximum Gasteiger partial charge on any atom is 0.326 e. The molecule has 0 fully saturated rings. The van der Waals surface area contributed by atoms with Gasteiger partial charge in [-0.2, -0.15) is 0 Å². The maximum absolute atomic E-state index is 14.0. The molecule has 1 heterocycles. The molecule has 1 aromatic heterocycles. The summed E-state index contributed by atoms with van der Waals surface area (Å²) in [6, 6.07) is -7.54. The largest absolute Gasteiger partial charge is 0.480 e. The fourth-order valence-corrected chi connectivity index (χ4v) is 6.02. The summed E-state index contributed by atoms with van der Waals surface area (Å²) in [5.41, 5.74) is 33.3. The smallest absolute Gasteiger partial charge is 0.326 e. The fraction of sp³-hybridized carbons (Fsp3) is 0.641. The molecule has 1 aromatic rings. The number of unbranched alkanes of at least 4 members (excludes halogenated alkanes) is 2. The molecule has 0 aromatic carbocycles. The molecule has 0 spiro atoms. The zero-order valence-electron chi connectivity index (χ0n) is 38.1. The third-order valence-electron chi connectivity index (χ3n) is 9.62. The molecule has 1 rings (SSSR count). The summed E-state index contributed by atoms with van der Waals surface area (Å²) in [6.07, 6.45) is 5.15. The van der Waals surface area contributed by atoms with E-state index in [2.05, 4.69) is 62.5 Å². The first-order valence-corrected chi connectivity index (χ1v) is 21.8. The Labute approximate surface area is 387 Å². The van der Waals surface area contributed by atoms with Crippen LogP contribution in [0, 0.1) is 0 Å². The molecule has 28 nitrogen and oxygen atoms in total. The number of aromatic nitrogens is 2. The molecule has 376 valence electrons. The predicted molar refractivity (Wildman–Crippen MR) is 245 cm³/mol. The third kappa shape index (κ3) is 26.5. The van der Waals surface area contributed by atoms with Crippen LogP contribution in [0.1, 0.15) is 83.7 Å². The first-order valence-electron chi connectivity index (χ1n) is 21.8. The number of amides is 8. The van der Waals surface area contributed by atoms with Gasteiger partial charge in [-0.15, -0.1) is 0 Å². The van der Waals surface area contributed by atoms with Crippen LogP contribution in [0.3, 0.4) is 0 Å². The lowest BCUT2D eigenvalue weighted by atomic mass is 10.0. The molecular formula is C39H70N18O10. The van der Waals surface area contributed by atoms with Crippen molar-refractivity contribution in [2.24, 2.45) is 44.4 Å². The summed E-state index contributed by atoms with van der Waals surface area (Å²) >= 11 is 0. The number of nitrogens with two attached hydrogens (primary N) is 6. The lowest BCUT2D eigenvalue weighted by Crippen LogP contribution is -2.59. The van der Waals surface area contributed by atoms with Crippen molar-refractivity contribution in [1.29, 1.82) is 0 Å². The van der Waals surface area contributed by atoms with Crippen molar-refractivity contribution in [3.63, 3.8) is 0 Å². The lowest BCUT2D eigenvalue weighted by Gasteiger charge is -2.26. The van der Waals surface area contributed by atoms with Crippen molar-refractivity contribution in [1.82, 2.24) is 52.5 Å². The summed E-state index contributed by atoms with van der Waals surface area (Å²) in [7, 11) is 0. The number of hydrogen-bond donors (Lipinski definition) is 16. The number of aliphatic imine (C=N–C) groups is 2. The number of carboxylic acids is 1. The number of aromatic amines is 1. The van der Waals surface area contributed by atoms with Gasteiger partial charge in [-0.3, -0.25) is 48.3 Å². The van der Waals surface area contributed by atoms with Gasteiger partial charge in [0.15, 0.2) is 11.9 Å². The summed E-state index contributed by atoms with van der Waals surface area (Å²) in [4.78, 5) is 130. The number of nitrogens with one attached hydrogen (secondary N) is 9. The standard InChI is InChI=1S/C39H70N18O10/c1-22(53-31(60)20-50-30(59)19-51-33(62)25(41)9-3-5-13-40)32(61)54-26(10-4-6-14-47-23(2)58)34(63)55-27(11-7-15-48-38(42)43)35(64)57-29(17-24-18-46-21-52-24)36(65)56-28(37(66)67)12-8-16-49-39(44)45/h18,21-22,25-29H,3-17,19-20,40-41H2,1-2H3,(H,46,52)(H,47,58)(H,50,59)(H,51,62)(H,53,60)(H,54,61)(H,55,63)(H,56,65)(H,57,64)(H,66,67)(H4,42,43,48)(H4,44,45,49)/t22-,25-,26-,27-,28-,29-/m0/s1. The molecule has 0 aliphatic rings. The number of carbonyl (C=O) groups excluding carboxylic acids is 8. The number of carbonyl (C=O) groups is 9. The second-order valence-corrected chi connectivity index (χ2v) is 15.4. The summed E-state index contributed by atoms with van der Waals surface area (Å²) in [5.74, 6) is -7.44. The van der Waals surface area contributed by atoms with Gasteiger partial charge in [0.25, 0.3) is 0 Å². The average molecular weight is 951 g/mol. The van der Waals surface area contributed by atoms with Crippen molar-refractivity contribution in [2.45, 2.75) is 121 Å². The van der Waals surface area contributed by atoms with Crippen molar-refractivity contribution in [3.8, 4) is 0 Å². The molecule has 8 amide bonds. The zero-order valence-corrected chi connectivity index (χ0v) is 38.1. The number of hydrogen-bond acceptors (Lipinski definition) is 14. The van der Waals surface area contributed by atoms with Crippen LogP contribution in [0.15, 0.2) is 22.5 Å².